The van der Waals surface area contributed by atoms with E-state index < -0.39 is 11.5 Å². The maximum absolute atomic E-state index is 13.5. The Hall–Kier alpha value is -4.64. The molecule has 3 heterocycles. The van der Waals surface area contributed by atoms with Gasteiger partial charge in [-0.15, -0.1) is 0 Å². The molecule has 8 heteroatoms. The third kappa shape index (κ3) is 3.95. The van der Waals surface area contributed by atoms with Crippen molar-refractivity contribution in [2.24, 2.45) is 0 Å². The minimum absolute atomic E-state index is 0.0105. The quantitative estimate of drug-likeness (QED) is 0.418. The van der Waals surface area contributed by atoms with Crippen LogP contribution in [0.1, 0.15) is 58.1 Å². The van der Waals surface area contributed by atoms with Gasteiger partial charge < -0.3 is 15.3 Å². The van der Waals surface area contributed by atoms with E-state index in [1.54, 1.807) is 30.5 Å². The summed E-state index contributed by atoms with van der Waals surface area (Å²) in [4.78, 5) is 32.1. The van der Waals surface area contributed by atoms with Crippen molar-refractivity contribution in [1.29, 1.82) is 5.26 Å². The van der Waals surface area contributed by atoms with E-state index in [1.807, 2.05) is 49.1 Å². The second-order valence-electron chi connectivity index (χ2n) is 8.92. The predicted molar refractivity (Wildman–Crippen MR) is 137 cm³/mol. The van der Waals surface area contributed by atoms with E-state index in [-0.39, 0.29) is 17.2 Å². The Bertz CT molecular complexity index is 1580. The number of rotatable bonds is 6. The molecule has 2 aromatic carbocycles. The molecule has 2 aromatic heterocycles. The lowest BCUT2D eigenvalue weighted by Gasteiger charge is -2.22. The van der Waals surface area contributed by atoms with E-state index in [0.717, 1.165) is 22.3 Å². The molecule has 8 nitrogen and oxygen atoms in total. The third-order valence-electron chi connectivity index (χ3n) is 6.65. The molecule has 0 unspecified atom stereocenters. The smallest absolute Gasteiger partial charge is 0.337 e. The second-order valence-corrected chi connectivity index (χ2v) is 8.92. The maximum Gasteiger partial charge on any atom is 0.337 e. The van der Waals surface area contributed by atoms with Crippen LogP contribution in [0.15, 0.2) is 65.6 Å². The van der Waals surface area contributed by atoms with E-state index in [4.69, 9.17) is 4.98 Å². The third-order valence-corrected chi connectivity index (χ3v) is 6.65. The zero-order chi connectivity index (χ0) is 25.4. The lowest BCUT2D eigenvalue weighted by atomic mass is 10.0. The normalized spacial score (nSPS) is 13.3. The fraction of sp³-hybridized carbons (Fsp3) is 0.214. The molecule has 0 amide bonds. The van der Waals surface area contributed by atoms with E-state index in [1.165, 1.54) is 4.40 Å². The van der Waals surface area contributed by atoms with Gasteiger partial charge in [-0.2, -0.15) is 5.26 Å². The molecule has 1 atom stereocenters. The Kier molecular flexibility index (Phi) is 5.90. The van der Waals surface area contributed by atoms with Crippen molar-refractivity contribution in [3.05, 3.63) is 105 Å². The molecule has 0 saturated carbocycles. The zero-order valence-corrected chi connectivity index (χ0v) is 20.0. The molecule has 5 rings (SSSR count). The molecular weight excluding hydrogens is 454 g/mol. The molecule has 1 aliphatic rings. The van der Waals surface area contributed by atoms with Crippen LogP contribution in [0.5, 0.6) is 0 Å². The average Bonchev–Trinajstić information content (AvgIpc) is 3.32. The molecule has 0 bridgehead atoms. The Morgan fingerprint density at radius 3 is 2.47 bits per heavy atom. The number of aryl methyl sites for hydroxylation is 1. The standard InChI is InChI=1S/C28H25N5O3/c1-3-18-12-22(17(2)30-24-11-7-6-10-21(24)28(35)36)26-31-25(23(13-29)27(34)33(26)14-18)32-15-19-8-4-5-9-20(19)16-32/h4-12,14,17,30H,3,15-16H2,1-2H3,(H,35,36)/t17-/m1/s1. The topological polar surface area (TPSA) is 111 Å². The second kappa shape index (κ2) is 9.19. The summed E-state index contributed by atoms with van der Waals surface area (Å²) in [6.45, 7) is 5.02. The Balaban J connectivity index is 1.66. The summed E-state index contributed by atoms with van der Waals surface area (Å²) in [5.41, 5.74) is 4.61. The van der Waals surface area contributed by atoms with Gasteiger partial charge in [0.2, 0.25) is 0 Å². The summed E-state index contributed by atoms with van der Waals surface area (Å²) in [5, 5.41) is 22.8. The fourth-order valence-electron chi connectivity index (χ4n) is 4.74. The number of pyridine rings is 1. The summed E-state index contributed by atoms with van der Waals surface area (Å²) in [5.74, 6) is -0.663. The van der Waals surface area contributed by atoms with Gasteiger partial charge in [-0.3, -0.25) is 9.20 Å². The average molecular weight is 480 g/mol. The summed E-state index contributed by atoms with van der Waals surface area (Å²) < 4.78 is 1.45. The van der Waals surface area contributed by atoms with Crippen LogP contribution < -0.4 is 15.8 Å². The van der Waals surface area contributed by atoms with Gasteiger partial charge in [-0.25, -0.2) is 9.78 Å². The molecule has 180 valence electrons. The first-order chi connectivity index (χ1) is 17.4. The number of hydrogen-bond donors (Lipinski definition) is 2. The Morgan fingerprint density at radius 2 is 1.83 bits per heavy atom. The van der Waals surface area contributed by atoms with E-state index in [2.05, 4.69) is 11.4 Å². The van der Waals surface area contributed by atoms with Crippen LogP contribution in [0.25, 0.3) is 5.65 Å². The number of nitriles is 1. The minimum atomic E-state index is -1.03. The van der Waals surface area contributed by atoms with Gasteiger partial charge in [0.05, 0.1) is 11.6 Å². The molecule has 0 saturated heterocycles. The zero-order valence-electron chi connectivity index (χ0n) is 20.0. The number of carboxylic acids is 1. The number of carbonyl (C=O) groups is 1. The van der Waals surface area contributed by atoms with Crippen molar-refractivity contribution in [2.75, 3.05) is 10.2 Å². The predicted octanol–water partition coefficient (Wildman–Crippen LogP) is 4.52. The molecule has 1 aliphatic heterocycles. The van der Waals surface area contributed by atoms with Crippen LogP contribution in [0, 0.1) is 11.3 Å². The summed E-state index contributed by atoms with van der Waals surface area (Å²) >= 11 is 0. The fourth-order valence-corrected chi connectivity index (χ4v) is 4.74. The van der Waals surface area contributed by atoms with E-state index in [9.17, 15) is 20.0 Å². The van der Waals surface area contributed by atoms with Gasteiger partial charge in [-0.05, 0) is 48.2 Å². The molecule has 0 radical (unpaired) electrons. The number of nitrogens with zero attached hydrogens (tertiary/aromatic N) is 4. The number of aromatic nitrogens is 2. The summed E-state index contributed by atoms with van der Waals surface area (Å²) in [7, 11) is 0. The van der Waals surface area contributed by atoms with Crippen LogP contribution in [-0.4, -0.2) is 20.5 Å². The highest BCUT2D eigenvalue weighted by Gasteiger charge is 2.26. The van der Waals surface area contributed by atoms with Crippen LogP contribution in [0.2, 0.25) is 0 Å². The van der Waals surface area contributed by atoms with Crippen molar-refractivity contribution in [3.63, 3.8) is 0 Å². The van der Waals surface area contributed by atoms with Gasteiger partial charge in [0.25, 0.3) is 5.56 Å². The van der Waals surface area contributed by atoms with Crippen molar-refractivity contribution in [2.45, 2.75) is 39.4 Å². The first-order valence-electron chi connectivity index (χ1n) is 11.8. The number of benzene rings is 2. The molecular formula is C28H25N5O3. The first kappa shape index (κ1) is 23.1. The number of fused-ring (bicyclic) bond motifs is 2. The van der Waals surface area contributed by atoms with E-state index >= 15 is 0 Å². The molecule has 0 spiro atoms. The molecule has 0 fully saturated rings. The van der Waals surface area contributed by atoms with Crippen LogP contribution >= 0.6 is 0 Å². The highest BCUT2D eigenvalue weighted by atomic mass is 16.4. The Morgan fingerprint density at radius 1 is 1.17 bits per heavy atom. The number of aromatic carboxylic acids is 1. The number of para-hydroxylation sites is 1. The number of nitrogens with one attached hydrogen (secondary N) is 1. The first-order valence-corrected chi connectivity index (χ1v) is 11.8. The van der Waals surface area contributed by atoms with Crippen molar-refractivity contribution in [1.82, 2.24) is 9.38 Å². The monoisotopic (exact) mass is 479 g/mol. The van der Waals surface area contributed by atoms with Gasteiger partial charge in [0.15, 0.2) is 11.4 Å². The van der Waals surface area contributed by atoms with Crippen LogP contribution in [0.3, 0.4) is 0 Å². The highest BCUT2D eigenvalue weighted by Crippen LogP contribution is 2.31. The van der Waals surface area contributed by atoms with Gasteiger partial charge in [0, 0.05) is 30.5 Å². The lowest BCUT2D eigenvalue weighted by molar-refractivity contribution is 0.0698. The number of hydrogen-bond acceptors (Lipinski definition) is 6. The van der Waals surface area contributed by atoms with Crippen molar-refractivity contribution >= 4 is 23.1 Å². The van der Waals surface area contributed by atoms with E-state index in [0.29, 0.717) is 36.7 Å². The molecule has 4 aromatic rings. The number of anilines is 2. The van der Waals surface area contributed by atoms with Crippen LogP contribution in [0.4, 0.5) is 11.5 Å². The van der Waals surface area contributed by atoms with Gasteiger partial charge >= 0.3 is 5.97 Å². The highest BCUT2D eigenvalue weighted by molar-refractivity contribution is 5.94. The Labute approximate surface area is 208 Å². The van der Waals surface area contributed by atoms with Crippen molar-refractivity contribution < 1.29 is 9.90 Å². The SMILES string of the molecule is CCc1cc([C@@H](C)Nc2ccccc2C(=O)O)c2nc(N3Cc4ccccc4C3)c(C#N)c(=O)n2c1. The maximum atomic E-state index is 13.5. The van der Waals surface area contributed by atoms with Crippen LogP contribution in [-0.2, 0) is 19.5 Å². The summed E-state index contributed by atoms with van der Waals surface area (Å²) in [6, 6.07) is 18.4. The molecule has 2 N–H and O–H groups in total. The summed E-state index contributed by atoms with van der Waals surface area (Å²) in [6.07, 6.45) is 2.41. The number of carboxylic acid groups (broad SMARTS) is 1. The minimum Gasteiger partial charge on any atom is -0.478 e. The largest absolute Gasteiger partial charge is 0.478 e. The lowest BCUT2D eigenvalue weighted by Crippen LogP contribution is -2.27. The molecule has 0 aliphatic carbocycles. The van der Waals surface area contributed by atoms with Gasteiger partial charge in [-0.1, -0.05) is 43.3 Å². The molecule has 36 heavy (non-hydrogen) atoms. The van der Waals surface area contributed by atoms with Gasteiger partial charge in [0.1, 0.15) is 11.7 Å². The van der Waals surface area contributed by atoms with Crippen molar-refractivity contribution in [3.8, 4) is 6.07 Å².